The van der Waals surface area contributed by atoms with E-state index in [2.05, 4.69) is 9.97 Å². The van der Waals surface area contributed by atoms with Gasteiger partial charge in [0.25, 0.3) is 5.56 Å². The van der Waals surface area contributed by atoms with Gasteiger partial charge in [0.05, 0.1) is 24.2 Å². The number of aromatic nitrogens is 3. The molecule has 1 fully saturated rings. The number of benzene rings is 1. The number of ether oxygens (including phenoxy) is 1. The number of rotatable bonds is 6. The SMILES string of the molecule is CCOc1ccc(-c2cc(=O)n(CC(=O)N3CCN(c4ccc(C(F)(F)F)cn4)CC3)cn2)cc1. The van der Waals surface area contributed by atoms with E-state index >= 15 is 0 Å². The molecule has 1 saturated heterocycles. The Morgan fingerprint density at radius 2 is 1.74 bits per heavy atom. The molecule has 3 heterocycles. The van der Waals surface area contributed by atoms with Gasteiger partial charge in [0.15, 0.2) is 0 Å². The Balaban J connectivity index is 1.34. The molecule has 0 radical (unpaired) electrons. The third-order valence-electron chi connectivity index (χ3n) is 5.68. The van der Waals surface area contributed by atoms with E-state index in [1.54, 1.807) is 17.0 Å². The van der Waals surface area contributed by atoms with Gasteiger partial charge in [-0.15, -0.1) is 0 Å². The smallest absolute Gasteiger partial charge is 0.417 e. The maximum atomic E-state index is 12.7. The van der Waals surface area contributed by atoms with Crippen molar-refractivity contribution < 1.29 is 22.7 Å². The van der Waals surface area contributed by atoms with E-state index in [4.69, 9.17) is 4.74 Å². The summed E-state index contributed by atoms with van der Waals surface area (Å²) < 4.78 is 44.8. The Hall–Kier alpha value is -3.89. The van der Waals surface area contributed by atoms with Crippen molar-refractivity contribution in [1.29, 1.82) is 0 Å². The highest BCUT2D eigenvalue weighted by molar-refractivity contribution is 5.76. The molecular weight excluding hydrogens is 463 g/mol. The van der Waals surface area contributed by atoms with Gasteiger partial charge in [0, 0.05) is 44.0 Å². The number of carbonyl (C=O) groups excluding carboxylic acids is 1. The van der Waals surface area contributed by atoms with Crippen LogP contribution in [0.3, 0.4) is 0 Å². The molecule has 0 bridgehead atoms. The zero-order valence-electron chi connectivity index (χ0n) is 19.0. The molecule has 0 saturated carbocycles. The molecule has 11 heteroatoms. The fourth-order valence-electron chi connectivity index (χ4n) is 3.76. The van der Waals surface area contributed by atoms with Gasteiger partial charge in [0.1, 0.15) is 18.1 Å². The summed E-state index contributed by atoms with van der Waals surface area (Å²) in [6.45, 7) is 3.90. The molecule has 1 aliphatic rings. The van der Waals surface area contributed by atoms with Gasteiger partial charge in [-0.3, -0.25) is 14.2 Å². The Kier molecular flexibility index (Phi) is 7.04. The van der Waals surface area contributed by atoms with Crippen LogP contribution in [0.25, 0.3) is 11.3 Å². The quantitative estimate of drug-likeness (QED) is 0.532. The third-order valence-corrected chi connectivity index (χ3v) is 5.68. The number of alkyl halides is 3. The summed E-state index contributed by atoms with van der Waals surface area (Å²) in [7, 11) is 0. The van der Waals surface area contributed by atoms with Gasteiger partial charge >= 0.3 is 6.18 Å². The zero-order valence-corrected chi connectivity index (χ0v) is 19.0. The van der Waals surface area contributed by atoms with Crippen molar-refractivity contribution in [2.24, 2.45) is 0 Å². The molecular formula is C24H24F3N5O3. The lowest BCUT2D eigenvalue weighted by Gasteiger charge is -2.35. The summed E-state index contributed by atoms with van der Waals surface area (Å²) >= 11 is 0. The lowest BCUT2D eigenvalue weighted by atomic mass is 10.1. The van der Waals surface area contributed by atoms with Crippen molar-refractivity contribution in [2.75, 3.05) is 37.7 Å². The number of piperazine rings is 1. The number of hydrogen-bond acceptors (Lipinski definition) is 6. The number of halogens is 3. The summed E-state index contributed by atoms with van der Waals surface area (Å²) in [6.07, 6.45) is -2.27. The van der Waals surface area contributed by atoms with Crippen LogP contribution in [0.5, 0.6) is 5.75 Å². The molecule has 0 unspecified atom stereocenters. The van der Waals surface area contributed by atoms with Gasteiger partial charge in [-0.25, -0.2) is 9.97 Å². The van der Waals surface area contributed by atoms with Crippen LogP contribution < -0.4 is 15.2 Å². The summed E-state index contributed by atoms with van der Waals surface area (Å²) in [4.78, 5) is 37.0. The number of pyridine rings is 1. The largest absolute Gasteiger partial charge is 0.494 e. The fraction of sp³-hybridized carbons (Fsp3) is 0.333. The number of hydrogen-bond donors (Lipinski definition) is 0. The molecule has 35 heavy (non-hydrogen) atoms. The van der Waals surface area contributed by atoms with Crippen LogP contribution in [-0.2, 0) is 17.5 Å². The predicted octanol–water partition coefficient (Wildman–Crippen LogP) is 3.07. The van der Waals surface area contributed by atoms with E-state index in [1.165, 1.54) is 23.0 Å². The minimum atomic E-state index is -4.43. The van der Waals surface area contributed by atoms with E-state index < -0.39 is 11.7 Å². The van der Waals surface area contributed by atoms with E-state index in [9.17, 15) is 22.8 Å². The van der Waals surface area contributed by atoms with Crippen LogP contribution in [0.1, 0.15) is 12.5 Å². The molecule has 1 aliphatic heterocycles. The molecule has 184 valence electrons. The summed E-state index contributed by atoms with van der Waals surface area (Å²) in [5, 5.41) is 0. The first-order valence-corrected chi connectivity index (χ1v) is 11.1. The second-order valence-electron chi connectivity index (χ2n) is 7.97. The Morgan fingerprint density at radius 1 is 1.03 bits per heavy atom. The predicted molar refractivity (Wildman–Crippen MR) is 123 cm³/mol. The minimum Gasteiger partial charge on any atom is -0.494 e. The van der Waals surface area contributed by atoms with Crippen molar-refractivity contribution in [3.8, 4) is 17.0 Å². The average molecular weight is 487 g/mol. The number of amides is 1. The fourth-order valence-corrected chi connectivity index (χ4v) is 3.76. The molecule has 0 N–H and O–H groups in total. The van der Waals surface area contributed by atoms with Crippen LogP contribution in [-0.4, -0.2) is 58.1 Å². The van der Waals surface area contributed by atoms with Crippen molar-refractivity contribution in [3.63, 3.8) is 0 Å². The lowest BCUT2D eigenvalue weighted by Crippen LogP contribution is -2.50. The number of anilines is 1. The molecule has 4 rings (SSSR count). The standard InChI is InChI=1S/C24H24F3N5O3/c1-2-35-19-6-3-17(4-7-19)20-13-22(33)32(16-29-20)15-23(34)31-11-9-30(10-12-31)21-8-5-18(14-28-21)24(25,26)27/h3-8,13-14,16H,2,9-12,15H2,1H3. The van der Waals surface area contributed by atoms with Crippen molar-refractivity contribution in [3.05, 3.63) is 70.9 Å². The van der Waals surface area contributed by atoms with Crippen LogP contribution in [0.15, 0.2) is 59.8 Å². The second-order valence-corrected chi connectivity index (χ2v) is 7.97. The summed E-state index contributed by atoms with van der Waals surface area (Å²) in [5.41, 5.74) is 0.115. The first-order chi connectivity index (χ1) is 16.7. The monoisotopic (exact) mass is 487 g/mol. The number of carbonyl (C=O) groups is 1. The first kappa shape index (κ1) is 24.2. The van der Waals surface area contributed by atoms with Gasteiger partial charge < -0.3 is 14.5 Å². The highest BCUT2D eigenvalue weighted by Gasteiger charge is 2.31. The van der Waals surface area contributed by atoms with E-state index in [-0.39, 0.29) is 18.0 Å². The Bertz CT molecular complexity index is 1220. The first-order valence-electron chi connectivity index (χ1n) is 11.1. The molecule has 2 aromatic heterocycles. The highest BCUT2D eigenvalue weighted by Crippen LogP contribution is 2.29. The maximum absolute atomic E-state index is 12.7. The topological polar surface area (TPSA) is 80.6 Å². The molecule has 8 nitrogen and oxygen atoms in total. The summed E-state index contributed by atoms with van der Waals surface area (Å²) in [5.74, 6) is 0.919. The molecule has 0 spiro atoms. The molecule has 1 amide bonds. The second kappa shape index (κ2) is 10.2. The van der Waals surface area contributed by atoms with E-state index in [0.29, 0.717) is 44.3 Å². The molecule has 3 aromatic rings. The Morgan fingerprint density at radius 3 is 2.31 bits per heavy atom. The van der Waals surface area contributed by atoms with Gasteiger partial charge in [0.2, 0.25) is 5.91 Å². The highest BCUT2D eigenvalue weighted by atomic mass is 19.4. The van der Waals surface area contributed by atoms with Gasteiger partial charge in [-0.2, -0.15) is 13.2 Å². The zero-order chi connectivity index (χ0) is 25.0. The van der Waals surface area contributed by atoms with Crippen molar-refractivity contribution in [1.82, 2.24) is 19.4 Å². The molecule has 0 atom stereocenters. The maximum Gasteiger partial charge on any atom is 0.417 e. The van der Waals surface area contributed by atoms with E-state index in [0.717, 1.165) is 23.6 Å². The molecule has 0 aliphatic carbocycles. The van der Waals surface area contributed by atoms with Crippen molar-refractivity contribution in [2.45, 2.75) is 19.6 Å². The van der Waals surface area contributed by atoms with Gasteiger partial charge in [-0.05, 0) is 43.3 Å². The third kappa shape index (κ3) is 5.79. The van der Waals surface area contributed by atoms with Crippen LogP contribution >= 0.6 is 0 Å². The summed E-state index contributed by atoms with van der Waals surface area (Å²) in [6, 6.07) is 10.9. The minimum absolute atomic E-state index is 0.145. The number of nitrogens with zero attached hydrogens (tertiary/aromatic N) is 5. The lowest BCUT2D eigenvalue weighted by molar-refractivity contribution is -0.138. The van der Waals surface area contributed by atoms with Gasteiger partial charge in [-0.1, -0.05) is 0 Å². The van der Waals surface area contributed by atoms with Crippen LogP contribution in [0, 0.1) is 0 Å². The Labute approximate surface area is 199 Å². The van der Waals surface area contributed by atoms with E-state index in [1.807, 2.05) is 24.0 Å². The van der Waals surface area contributed by atoms with Crippen molar-refractivity contribution >= 4 is 11.7 Å². The van der Waals surface area contributed by atoms with Crippen LogP contribution in [0.2, 0.25) is 0 Å². The normalized spacial score (nSPS) is 14.2. The average Bonchev–Trinajstić information content (AvgIpc) is 2.85. The van der Waals surface area contributed by atoms with Crippen LogP contribution in [0.4, 0.5) is 19.0 Å². The molecule has 1 aromatic carbocycles.